The lowest BCUT2D eigenvalue weighted by Crippen LogP contribution is -2.24. The van der Waals surface area contributed by atoms with Crippen LogP contribution in [0.15, 0.2) is 41.2 Å². The number of hydrogen-bond acceptors (Lipinski definition) is 4. The van der Waals surface area contributed by atoms with Crippen LogP contribution in [0.1, 0.15) is 36.3 Å². The van der Waals surface area contributed by atoms with Crippen molar-refractivity contribution in [3.63, 3.8) is 0 Å². The van der Waals surface area contributed by atoms with E-state index in [0.29, 0.717) is 45.3 Å². The summed E-state index contributed by atoms with van der Waals surface area (Å²) in [6, 6.07) is 12.6. The topological polar surface area (TPSA) is 70.7 Å². The van der Waals surface area contributed by atoms with Crippen molar-refractivity contribution >= 4 is 28.3 Å². The average molecular weight is 395 g/mol. The first-order chi connectivity index (χ1) is 13.6. The van der Waals surface area contributed by atoms with Crippen LogP contribution in [0.5, 0.6) is 0 Å². The normalized spacial score (nSPS) is 20.8. The lowest BCUT2D eigenvalue weighted by atomic mass is 10.0. The van der Waals surface area contributed by atoms with E-state index in [-0.39, 0.29) is 6.04 Å². The molecule has 0 radical (unpaired) electrons. The zero-order valence-corrected chi connectivity index (χ0v) is 15.6. The standard InChI is InChI=1S/C21H16ClFN4O/c22-15-3-1-2-4-18(15)27-19-8-13(11-5-6-11)12(10-24)7-14(19)20(26-21(27)28)25-17-9-16(17)23/h1-4,7-8,11,16-17H,5-6,9H2,(H,25,26,28)/t16-,17-/m1/s1. The number of nitrogens with zero attached hydrogens (tertiary/aromatic N) is 3. The highest BCUT2D eigenvalue weighted by Gasteiger charge is 2.38. The second-order valence-electron chi connectivity index (χ2n) is 7.38. The first-order valence-electron chi connectivity index (χ1n) is 9.23. The van der Waals surface area contributed by atoms with Crippen molar-refractivity contribution < 1.29 is 4.39 Å². The fourth-order valence-corrected chi connectivity index (χ4v) is 3.80. The molecule has 28 heavy (non-hydrogen) atoms. The third-order valence-corrected chi connectivity index (χ3v) is 5.65. The van der Waals surface area contributed by atoms with E-state index < -0.39 is 11.9 Å². The lowest BCUT2D eigenvalue weighted by molar-refractivity contribution is 0.472. The highest BCUT2D eigenvalue weighted by Crippen LogP contribution is 2.43. The molecule has 3 aromatic rings. The minimum atomic E-state index is -0.941. The third-order valence-electron chi connectivity index (χ3n) is 5.33. The third kappa shape index (κ3) is 2.83. The first kappa shape index (κ1) is 17.2. The number of nitrogens with one attached hydrogen (secondary N) is 1. The number of aromatic nitrogens is 2. The van der Waals surface area contributed by atoms with Crippen LogP contribution < -0.4 is 11.0 Å². The Morgan fingerprint density at radius 3 is 2.68 bits per heavy atom. The van der Waals surface area contributed by atoms with Crippen LogP contribution in [0.3, 0.4) is 0 Å². The van der Waals surface area contributed by atoms with Gasteiger partial charge in [-0.15, -0.1) is 0 Å². The maximum absolute atomic E-state index is 13.4. The van der Waals surface area contributed by atoms with Crippen molar-refractivity contribution in [2.24, 2.45) is 0 Å². The molecule has 2 aliphatic rings. The molecule has 2 fully saturated rings. The molecular formula is C21H16ClFN4O. The van der Waals surface area contributed by atoms with Crippen molar-refractivity contribution in [1.82, 2.24) is 9.55 Å². The van der Waals surface area contributed by atoms with Crippen molar-refractivity contribution in [2.45, 2.75) is 37.4 Å². The molecule has 2 saturated carbocycles. The van der Waals surface area contributed by atoms with Gasteiger partial charge in [0.15, 0.2) is 0 Å². The molecule has 0 bridgehead atoms. The smallest absolute Gasteiger partial charge is 0.354 e. The van der Waals surface area contributed by atoms with Gasteiger partial charge < -0.3 is 5.32 Å². The zero-order chi connectivity index (χ0) is 19.4. The lowest BCUT2D eigenvalue weighted by Gasteiger charge is -2.16. The first-order valence-corrected chi connectivity index (χ1v) is 9.61. The maximum Gasteiger partial charge on any atom is 0.354 e. The van der Waals surface area contributed by atoms with Crippen LogP contribution in [-0.4, -0.2) is 21.8 Å². The highest BCUT2D eigenvalue weighted by molar-refractivity contribution is 6.32. The minimum absolute atomic E-state index is 0.312. The van der Waals surface area contributed by atoms with Crippen molar-refractivity contribution in [2.75, 3.05) is 5.32 Å². The molecule has 1 heterocycles. The van der Waals surface area contributed by atoms with Crippen LogP contribution in [0.25, 0.3) is 16.6 Å². The predicted molar refractivity (Wildman–Crippen MR) is 106 cm³/mol. The monoisotopic (exact) mass is 394 g/mol. The molecule has 5 rings (SSSR count). The molecule has 7 heteroatoms. The number of rotatable bonds is 4. The van der Waals surface area contributed by atoms with Gasteiger partial charge in [0, 0.05) is 11.8 Å². The number of para-hydroxylation sites is 1. The summed E-state index contributed by atoms with van der Waals surface area (Å²) >= 11 is 6.35. The summed E-state index contributed by atoms with van der Waals surface area (Å²) in [6.07, 6.45) is 1.50. The van der Waals surface area contributed by atoms with E-state index in [1.54, 1.807) is 30.3 Å². The summed E-state index contributed by atoms with van der Waals surface area (Å²) in [7, 11) is 0. The van der Waals surface area contributed by atoms with E-state index in [1.165, 1.54) is 4.57 Å². The number of hydrogen-bond donors (Lipinski definition) is 1. The van der Waals surface area contributed by atoms with Crippen LogP contribution in [0.2, 0.25) is 5.02 Å². The second kappa shape index (κ2) is 6.32. The average Bonchev–Trinajstić information content (AvgIpc) is 3.60. The number of halogens is 2. The van der Waals surface area contributed by atoms with E-state index in [2.05, 4.69) is 16.4 Å². The summed E-state index contributed by atoms with van der Waals surface area (Å²) < 4.78 is 14.9. The summed E-state index contributed by atoms with van der Waals surface area (Å²) in [5.74, 6) is 0.643. The van der Waals surface area contributed by atoms with Gasteiger partial charge in [-0.3, -0.25) is 4.57 Å². The fraction of sp³-hybridized carbons (Fsp3) is 0.286. The Hall–Kier alpha value is -2.91. The summed E-state index contributed by atoms with van der Waals surface area (Å²) in [6.45, 7) is 0. The van der Waals surface area contributed by atoms with Crippen molar-refractivity contribution in [1.29, 1.82) is 5.26 Å². The molecule has 2 atom stereocenters. The number of anilines is 1. The van der Waals surface area contributed by atoms with Crippen molar-refractivity contribution in [3.05, 3.63) is 63.0 Å². The van der Waals surface area contributed by atoms with Crippen molar-refractivity contribution in [3.8, 4) is 11.8 Å². The molecule has 0 unspecified atom stereocenters. The number of fused-ring (bicyclic) bond motifs is 1. The number of alkyl halides is 1. The van der Waals surface area contributed by atoms with Crippen LogP contribution in [0, 0.1) is 11.3 Å². The zero-order valence-electron chi connectivity index (χ0n) is 14.8. The number of nitriles is 1. The van der Waals surface area contributed by atoms with Crippen LogP contribution in [-0.2, 0) is 0 Å². The molecule has 1 aromatic heterocycles. The molecule has 2 aliphatic carbocycles. The molecule has 140 valence electrons. The second-order valence-corrected chi connectivity index (χ2v) is 7.78. The van der Waals surface area contributed by atoms with Crippen LogP contribution >= 0.6 is 11.6 Å². The summed E-state index contributed by atoms with van der Waals surface area (Å²) in [4.78, 5) is 17.1. The van der Waals surface area contributed by atoms with Gasteiger partial charge >= 0.3 is 5.69 Å². The van der Waals surface area contributed by atoms with E-state index in [0.717, 1.165) is 18.4 Å². The number of benzene rings is 2. The Kier molecular flexibility index (Phi) is 3.88. The van der Waals surface area contributed by atoms with E-state index in [9.17, 15) is 14.4 Å². The SMILES string of the molecule is N#Cc1cc2c(N[C@@H]3C[C@H]3F)nc(=O)n(-c3ccccc3Cl)c2cc1C1CC1. The van der Waals surface area contributed by atoms with Gasteiger partial charge in [0.05, 0.1) is 33.9 Å². The predicted octanol–water partition coefficient (Wildman–Crippen LogP) is 4.31. The quantitative estimate of drug-likeness (QED) is 0.715. The molecule has 5 nitrogen and oxygen atoms in total. The molecule has 0 spiro atoms. The fourth-order valence-electron chi connectivity index (χ4n) is 3.58. The minimum Gasteiger partial charge on any atom is -0.364 e. The summed E-state index contributed by atoms with van der Waals surface area (Å²) in [5.41, 5.74) is 2.15. The molecule has 2 aromatic carbocycles. The van der Waals surface area contributed by atoms with E-state index in [4.69, 9.17) is 11.6 Å². The van der Waals surface area contributed by atoms with Crippen LogP contribution in [0.4, 0.5) is 10.2 Å². The Balaban J connectivity index is 1.82. The largest absolute Gasteiger partial charge is 0.364 e. The van der Waals surface area contributed by atoms with Gasteiger partial charge in [-0.2, -0.15) is 10.2 Å². The van der Waals surface area contributed by atoms with Gasteiger partial charge in [0.1, 0.15) is 12.0 Å². The molecule has 1 N–H and O–H groups in total. The Labute approximate surface area is 165 Å². The van der Waals surface area contributed by atoms with Gasteiger partial charge in [0.2, 0.25) is 0 Å². The van der Waals surface area contributed by atoms with Gasteiger partial charge in [-0.1, -0.05) is 23.7 Å². The Morgan fingerprint density at radius 1 is 1.29 bits per heavy atom. The summed E-state index contributed by atoms with van der Waals surface area (Å²) in [5, 5.41) is 13.7. The Bertz CT molecular complexity index is 1210. The molecule has 0 amide bonds. The van der Waals surface area contributed by atoms with Gasteiger partial charge in [-0.05, 0) is 48.6 Å². The van der Waals surface area contributed by atoms with E-state index in [1.807, 2.05) is 6.07 Å². The maximum atomic E-state index is 13.4. The van der Waals surface area contributed by atoms with Gasteiger partial charge in [-0.25, -0.2) is 9.18 Å². The van der Waals surface area contributed by atoms with E-state index >= 15 is 0 Å². The Morgan fingerprint density at radius 2 is 2.04 bits per heavy atom. The molecule has 0 saturated heterocycles. The molecular weight excluding hydrogens is 379 g/mol. The highest BCUT2D eigenvalue weighted by atomic mass is 35.5. The molecule has 0 aliphatic heterocycles. The van der Waals surface area contributed by atoms with Gasteiger partial charge in [0.25, 0.3) is 0 Å².